The SMILES string of the molecule is Cc1cc([N+](=O)[O-])c(C)cc1NC1CCC(C)CC1C. The molecule has 3 unspecified atom stereocenters. The van der Waals surface area contributed by atoms with E-state index < -0.39 is 0 Å². The number of hydrogen-bond acceptors (Lipinski definition) is 3. The number of nitro groups is 1. The number of aryl methyl sites for hydroxylation is 2. The second-order valence-corrected chi connectivity index (χ2v) is 6.36. The lowest BCUT2D eigenvalue weighted by Gasteiger charge is -2.34. The smallest absolute Gasteiger partial charge is 0.272 e. The number of nitrogens with zero attached hydrogens (tertiary/aromatic N) is 1. The van der Waals surface area contributed by atoms with Crippen LogP contribution in [0.5, 0.6) is 0 Å². The monoisotopic (exact) mass is 276 g/mol. The van der Waals surface area contributed by atoms with E-state index in [0.717, 1.165) is 22.7 Å². The molecular formula is C16H24N2O2. The van der Waals surface area contributed by atoms with Crippen LogP contribution < -0.4 is 5.32 Å². The first-order valence-electron chi connectivity index (χ1n) is 7.40. The van der Waals surface area contributed by atoms with Crippen LogP contribution in [0.2, 0.25) is 0 Å². The number of benzene rings is 1. The number of anilines is 1. The average Bonchev–Trinajstić information content (AvgIpc) is 2.36. The molecule has 20 heavy (non-hydrogen) atoms. The van der Waals surface area contributed by atoms with Crippen molar-refractivity contribution in [3.05, 3.63) is 33.4 Å². The number of hydrogen-bond donors (Lipinski definition) is 1. The Morgan fingerprint density at radius 2 is 1.90 bits per heavy atom. The molecule has 1 aromatic rings. The Morgan fingerprint density at radius 3 is 2.50 bits per heavy atom. The van der Waals surface area contributed by atoms with E-state index in [1.165, 1.54) is 19.3 Å². The fourth-order valence-corrected chi connectivity index (χ4v) is 3.23. The van der Waals surface area contributed by atoms with E-state index in [-0.39, 0.29) is 10.6 Å². The van der Waals surface area contributed by atoms with Crippen molar-refractivity contribution < 1.29 is 4.92 Å². The van der Waals surface area contributed by atoms with E-state index in [9.17, 15) is 10.1 Å². The summed E-state index contributed by atoms with van der Waals surface area (Å²) in [5.41, 5.74) is 2.92. The standard InChI is InChI=1S/C16H24N2O2/c1-10-5-6-14(11(2)7-10)17-15-8-13(4)16(18(19)20)9-12(15)3/h8-11,14,17H,5-7H2,1-4H3. The van der Waals surface area contributed by atoms with Gasteiger partial charge in [0.2, 0.25) is 0 Å². The highest BCUT2D eigenvalue weighted by Gasteiger charge is 2.26. The van der Waals surface area contributed by atoms with Crippen molar-refractivity contribution in [1.82, 2.24) is 0 Å². The van der Waals surface area contributed by atoms with Crippen molar-refractivity contribution in [3.8, 4) is 0 Å². The maximum Gasteiger partial charge on any atom is 0.272 e. The van der Waals surface area contributed by atoms with Crippen LogP contribution in [0.4, 0.5) is 11.4 Å². The largest absolute Gasteiger partial charge is 0.382 e. The summed E-state index contributed by atoms with van der Waals surface area (Å²) in [6.07, 6.45) is 3.69. The minimum absolute atomic E-state index is 0.207. The topological polar surface area (TPSA) is 55.2 Å². The van der Waals surface area contributed by atoms with Gasteiger partial charge in [-0.1, -0.05) is 13.8 Å². The Labute approximate surface area is 120 Å². The fourth-order valence-electron chi connectivity index (χ4n) is 3.23. The van der Waals surface area contributed by atoms with Crippen LogP contribution in [-0.2, 0) is 0 Å². The van der Waals surface area contributed by atoms with Gasteiger partial charge in [0, 0.05) is 23.4 Å². The Bertz CT molecular complexity index is 513. The molecule has 4 heteroatoms. The molecule has 4 nitrogen and oxygen atoms in total. The summed E-state index contributed by atoms with van der Waals surface area (Å²) >= 11 is 0. The summed E-state index contributed by atoms with van der Waals surface area (Å²) in [5.74, 6) is 1.45. The second kappa shape index (κ2) is 5.81. The van der Waals surface area contributed by atoms with Crippen molar-refractivity contribution in [2.24, 2.45) is 11.8 Å². The van der Waals surface area contributed by atoms with Crippen LogP contribution in [0.3, 0.4) is 0 Å². The van der Waals surface area contributed by atoms with Gasteiger partial charge >= 0.3 is 0 Å². The van der Waals surface area contributed by atoms with Crippen molar-refractivity contribution in [3.63, 3.8) is 0 Å². The minimum Gasteiger partial charge on any atom is -0.382 e. The van der Waals surface area contributed by atoms with Gasteiger partial charge in [-0.2, -0.15) is 0 Å². The van der Waals surface area contributed by atoms with Gasteiger partial charge in [-0.3, -0.25) is 10.1 Å². The van der Waals surface area contributed by atoms with Crippen molar-refractivity contribution in [2.45, 2.75) is 53.0 Å². The van der Waals surface area contributed by atoms with Crippen LogP contribution in [0, 0.1) is 35.8 Å². The zero-order valence-electron chi connectivity index (χ0n) is 12.8. The zero-order valence-corrected chi connectivity index (χ0v) is 12.8. The minimum atomic E-state index is -0.309. The molecule has 1 fully saturated rings. The lowest BCUT2D eigenvalue weighted by atomic mass is 9.79. The van der Waals surface area contributed by atoms with Crippen LogP contribution in [0.1, 0.15) is 44.2 Å². The third kappa shape index (κ3) is 3.11. The molecule has 2 rings (SSSR count). The molecule has 0 saturated heterocycles. The zero-order chi connectivity index (χ0) is 14.9. The Morgan fingerprint density at radius 1 is 1.20 bits per heavy atom. The molecule has 1 aromatic carbocycles. The van der Waals surface area contributed by atoms with Crippen molar-refractivity contribution in [1.29, 1.82) is 0 Å². The van der Waals surface area contributed by atoms with Gasteiger partial charge in [0.1, 0.15) is 0 Å². The van der Waals surface area contributed by atoms with Crippen molar-refractivity contribution >= 4 is 11.4 Å². The maximum absolute atomic E-state index is 10.9. The third-order valence-corrected chi connectivity index (χ3v) is 4.51. The van der Waals surface area contributed by atoms with Gasteiger partial charge in [0.05, 0.1) is 4.92 Å². The highest BCUT2D eigenvalue weighted by molar-refractivity contribution is 5.59. The first-order chi connectivity index (χ1) is 9.38. The first kappa shape index (κ1) is 14.8. The molecule has 0 spiro atoms. The summed E-state index contributed by atoms with van der Waals surface area (Å²) < 4.78 is 0. The summed E-state index contributed by atoms with van der Waals surface area (Å²) in [7, 11) is 0. The van der Waals surface area contributed by atoms with E-state index in [1.807, 2.05) is 13.0 Å². The molecule has 0 amide bonds. The van der Waals surface area contributed by atoms with Gasteiger partial charge in [0.25, 0.3) is 5.69 Å². The predicted octanol–water partition coefficient (Wildman–Crippen LogP) is 4.45. The van der Waals surface area contributed by atoms with E-state index >= 15 is 0 Å². The predicted molar refractivity (Wildman–Crippen MR) is 82.2 cm³/mol. The summed E-state index contributed by atoms with van der Waals surface area (Å²) in [6.45, 7) is 8.34. The second-order valence-electron chi connectivity index (χ2n) is 6.36. The number of nitrogens with one attached hydrogen (secondary N) is 1. The van der Waals surface area contributed by atoms with Gasteiger partial charge in [0.15, 0.2) is 0 Å². The van der Waals surface area contributed by atoms with Gasteiger partial charge in [-0.15, -0.1) is 0 Å². The quantitative estimate of drug-likeness (QED) is 0.655. The fraction of sp³-hybridized carbons (Fsp3) is 0.625. The highest BCUT2D eigenvalue weighted by atomic mass is 16.6. The van der Waals surface area contributed by atoms with Crippen LogP contribution in [0.15, 0.2) is 12.1 Å². The lowest BCUT2D eigenvalue weighted by Crippen LogP contribution is -2.33. The molecule has 110 valence electrons. The van der Waals surface area contributed by atoms with E-state index in [1.54, 1.807) is 13.0 Å². The Hall–Kier alpha value is -1.58. The Kier molecular flexibility index (Phi) is 4.31. The van der Waals surface area contributed by atoms with E-state index in [4.69, 9.17) is 0 Å². The molecular weight excluding hydrogens is 252 g/mol. The number of nitro benzene ring substituents is 1. The summed E-state index contributed by atoms with van der Waals surface area (Å²) in [5, 5.41) is 14.6. The molecule has 0 bridgehead atoms. The van der Waals surface area contributed by atoms with Crippen LogP contribution in [-0.4, -0.2) is 11.0 Å². The first-order valence-corrected chi connectivity index (χ1v) is 7.40. The molecule has 0 aromatic heterocycles. The van der Waals surface area contributed by atoms with Crippen LogP contribution >= 0.6 is 0 Å². The number of rotatable bonds is 3. The molecule has 1 N–H and O–H groups in total. The van der Waals surface area contributed by atoms with Gasteiger partial charge in [-0.25, -0.2) is 0 Å². The molecule has 0 heterocycles. The molecule has 0 aliphatic heterocycles. The lowest BCUT2D eigenvalue weighted by molar-refractivity contribution is -0.385. The molecule has 1 saturated carbocycles. The molecule has 0 radical (unpaired) electrons. The van der Waals surface area contributed by atoms with E-state index in [0.29, 0.717) is 12.0 Å². The highest BCUT2D eigenvalue weighted by Crippen LogP contribution is 2.33. The third-order valence-electron chi connectivity index (χ3n) is 4.51. The summed E-state index contributed by atoms with van der Waals surface area (Å²) in [4.78, 5) is 10.6. The van der Waals surface area contributed by atoms with Gasteiger partial charge < -0.3 is 5.32 Å². The summed E-state index contributed by atoms with van der Waals surface area (Å²) in [6, 6.07) is 4.07. The molecule has 1 aliphatic rings. The molecule has 1 aliphatic carbocycles. The molecule has 3 atom stereocenters. The van der Waals surface area contributed by atoms with E-state index in [2.05, 4.69) is 19.2 Å². The average molecular weight is 276 g/mol. The van der Waals surface area contributed by atoms with Gasteiger partial charge in [-0.05, 0) is 56.6 Å². The van der Waals surface area contributed by atoms with Crippen LogP contribution in [0.25, 0.3) is 0 Å². The Balaban J connectivity index is 2.18. The van der Waals surface area contributed by atoms with Crippen molar-refractivity contribution in [2.75, 3.05) is 5.32 Å². The normalized spacial score (nSPS) is 26.3. The maximum atomic E-state index is 10.9.